The first-order valence-electron chi connectivity index (χ1n) is 7.42. The van der Waals surface area contributed by atoms with E-state index in [9.17, 15) is 9.90 Å². The van der Waals surface area contributed by atoms with Crippen molar-refractivity contribution in [3.05, 3.63) is 52.8 Å². The van der Waals surface area contributed by atoms with E-state index in [-0.39, 0.29) is 18.9 Å². The van der Waals surface area contributed by atoms with Crippen molar-refractivity contribution in [2.75, 3.05) is 6.54 Å². The van der Waals surface area contributed by atoms with Crippen molar-refractivity contribution >= 4 is 17.2 Å². The Labute approximate surface area is 142 Å². The van der Waals surface area contributed by atoms with Crippen molar-refractivity contribution < 1.29 is 14.4 Å². The van der Waals surface area contributed by atoms with Gasteiger partial charge in [-0.25, -0.2) is 0 Å². The number of aliphatic hydroxyl groups excluding tert-OH is 1. The molecule has 0 radical (unpaired) electrons. The number of thiophene rings is 1. The number of nitrogens with one attached hydrogen (secondary N) is 1. The van der Waals surface area contributed by atoms with Crippen LogP contribution in [-0.2, 0) is 11.2 Å². The summed E-state index contributed by atoms with van der Waals surface area (Å²) in [4.78, 5) is 20.1. The molecule has 1 amide bonds. The second kappa shape index (κ2) is 7.80. The van der Waals surface area contributed by atoms with Crippen molar-refractivity contribution in [3.63, 3.8) is 0 Å². The normalized spacial score (nSPS) is 12.0. The summed E-state index contributed by atoms with van der Waals surface area (Å²) in [5.41, 5.74) is 1.56. The topological polar surface area (TPSA) is 101 Å². The Morgan fingerprint density at radius 3 is 3.08 bits per heavy atom. The van der Waals surface area contributed by atoms with Gasteiger partial charge < -0.3 is 14.9 Å². The third-order valence-corrected chi connectivity index (χ3v) is 4.08. The fourth-order valence-corrected chi connectivity index (χ4v) is 2.78. The van der Waals surface area contributed by atoms with Crippen molar-refractivity contribution in [1.82, 2.24) is 20.4 Å². The maximum absolute atomic E-state index is 11.8. The van der Waals surface area contributed by atoms with Gasteiger partial charge in [-0.2, -0.15) is 16.3 Å². The fraction of sp³-hybridized carbons (Fsp3) is 0.250. The van der Waals surface area contributed by atoms with Gasteiger partial charge in [0.1, 0.15) is 0 Å². The minimum absolute atomic E-state index is 0.176. The van der Waals surface area contributed by atoms with Crippen molar-refractivity contribution in [2.45, 2.75) is 18.9 Å². The zero-order chi connectivity index (χ0) is 16.8. The molecule has 0 aliphatic heterocycles. The van der Waals surface area contributed by atoms with E-state index in [4.69, 9.17) is 4.52 Å². The molecule has 3 aromatic heterocycles. The van der Waals surface area contributed by atoms with Gasteiger partial charge >= 0.3 is 0 Å². The molecular weight excluding hydrogens is 328 g/mol. The number of nitrogens with zero attached hydrogens (tertiary/aromatic N) is 3. The zero-order valence-corrected chi connectivity index (χ0v) is 13.6. The summed E-state index contributed by atoms with van der Waals surface area (Å²) in [6, 6.07) is 5.46. The summed E-state index contributed by atoms with van der Waals surface area (Å²) in [6.07, 6.45) is 3.17. The third-order valence-electron chi connectivity index (χ3n) is 3.37. The smallest absolute Gasteiger partial charge is 0.227 e. The van der Waals surface area contributed by atoms with Gasteiger partial charge in [-0.1, -0.05) is 5.16 Å². The molecule has 0 aliphatic rings. The molecule has 1 atom stereocenters. The largest absolute Gasteiger partial charge is 0.387 e. The number of aliphatic hydroxyl groups is 1. The molecule has 0 aliphatic carbocycles. The number of carbonyl (C=O) groups is 1. The molecule has 1 unspecified atom stereocenters. The van der Waals surface area contributed by atoms with Crippen LogP contribution in [0.4, 0.5) is 0 Å². The highest BCUT2D eigenvalue weighted by molar-refractivity contribution is 7.07. The number of rotatable bonds is 7. The van der Waals surface area contributed by atoms with Gasteiger partial charge in [0.2, 0.25) is 17.6 Å². The van der Waals surface area contributed by atoms with E-state index in [0.29, 0.717) is 18.1 Å². The molecule has 0 saturated heterocycles. The van der Waals surface area contributed by atoms with E-state index in [1.54, 1.807) is 18.5 Å². The number of aromatic nitrogens is 3. The second-order valence-corrected chi connectivity index (χ2v) is 5.91. The van der Waals surface area contributed by atoms with Gasteiger partial charge in [0, 0.05) is 37.3 Å². The number of carbonyl (C=O) groups excluding carboxylic acids is 1. The van der Waals surface area contributed by atoms with Crippen LogP contribution in [-0.4, -0.2) is 32.7 Å². The number of aryl methyl sites for hydroxylation is 1. The fourth-order valence-electron chi connectivity index (χ4n) is 2.07. The second-order valence-electron chi connectivity index (χ2n) is 5.13. The molecule has 0 saturated carbocycles. The summed E-state index contributed by atoms with van der Waals surface area (Å²) >= 11 is 1.51. The maximum atomic E-state index is 11.8. The minimum Gasteiger partial charge on any atom is -0.387 e. The van der Waals surface area contributed by atoms with E-state index in [2.05, 4.69) is 20.4 Å². The Hall–Kier alpha value is -2.58. The lowest BCUT2D eigenvalue weighted by Gasteiger charge is -2.09. The first-order valence-corrected chi connectivity index (χ1v) is 8.36. The van der Waals surface area contributed by atoms with E-state index >= 15 is 0 Å². The van der Waals surface area contributed by atoms with Crippen molar-refractivity contribution in [1.29, 1.82) is 0 Å². The molecule has 2 N–H and O–H groups in total. The number of amides is 1. The molecule has 0 bridgehead atoms. The number of hydrogen-bond acceptors (Lipinski definition) is 7. The van der Waals surface area contributed by atoms with Crippen LogP contribution >= 0.6 is 11.3 Å². The molecule has 0 fully saturated rings. The lowest BCUT2D eigenvalue weighted by molar-refractivity contribution is -0.121. The monoisotopic (exact) mass is 344 g/mol. The third kappa shape index (κ3) is 4.24. The summed E-state index contributed by atoms with van der Waals surface area (Å²) < 4.78 is 5.14. The van der Waals surface area contributed by atoms with Crippen LogP contribution in [0, 0.1) is 0 Å². The van der Waals surface area contributed by atoms with Gasteiger partial charge in [-0.05, 0) is 34.5 Å². The van der Waals surface area contributed by atoms with E-state index in [1.165, 1.54) is 11.3 Å². The number of hydrogen-bond donors (Lipinski definition) is 2. The molecule has 3 heterocycles. The number of pyridine rings is 1. The maximum Gasteiger partial charge on any atom is 0.227 e. The summed E-state index contributed by atoms with van der Waals surface area (Å²) in [5.74, 6) is 0.666. The predicted molar refractivity (Wildman–Crippen MR) is 88.1 cm³/mol. The highest BCUT2D eigenvalue weighted by Crippen LogP contribution is 2.16. The van der Waals surface area contributed by atoms with Crippen LogP contribution in [0.25, 0.3) is 11.4 Å². The van der Waals surface area contributed by atoms with Gasteiger partial charge in [-0.3, -0.25) is 9.78 Å². The summed E-state index contributed by atoms with van der Waals surface area (Å²) in [5, 5.41) is 20.2. The van der Waals surface area contributed by atoms with E-state index < -0.39 is 6.10 Å². The average Bonchev–Trinajstić information content (AvgIpc) is 3.30. The quantitative estimate of drug-likeness (QED) is 0.679. The van der Waals surface area contributed by atoms with Gasteiger partial charge in [0.05, 0.1) is 6.10 Å². The first-order chi connectivity index (χ1) is 11.7. The Kier molecular flexibility index (Phi) is 5.29. The Morgan fingerprint density at radius 2 is 2.33 bits per heavy atom. The van der Waals surface area contributed by atoms with Crippen LogP contribution in [0.5, 0.6) is 0 Å². The van der Waals surface area contributed by atoms with Crippen LogP contribution in [0.15, 0.2) is 45.9 Å². The molecule has 3 aromatic rings. The van der Waals surface area contributed by atoms with Gasteiger partial charge in [0.15, 0.2) is 0 Å². The zero-order valence-electron chi connectivity index (χ0n) is 12.8. The summed E-state index contributed by atoms with van der Waals surface area (Å²) in [6.45, 7) is 0.181. The predicted octanol–water partition coefficient (Wildman–Crippen LogP) is 1.98. The molecule has 3 rings (SSSR count). The van der Waals surface area contributed by atoms with Crippen LogP contribution < -0.4 is 5.32 Å². The molecule has 24 heavy (non-hydrogen) atoms. The van der Waals surface area contributed by atoms with E-state index in [0.717, 1.165) is 11.1 Å². The van der Waals surface area contributed by atoms with Crippen molar-refractivity contribution in [2.24, 2.45) is 0 Å². The van der Waals surface area contributed by atoms with Crippen molar-refractivity contribution in [3.8, 4) is 11.4 Å². The molecule has 124 valence electrons. The van der Waals surface area contributed by atoms with Crippen LogP contribution in [0.2, 0.25) is 0 Å². The minimum atomic E-state index is -0.694. The highest BCUT2D eigenvalue weighted by Gasteiger charge is 2.12. The SMILES string of the molecule is O=C(CCc1nc(-c2cccnc2)no1)NCC(O)c1ccsc1. The van der Waals surface area contributed by atoms with Gasteiger partial charge in [-0.15, -0.1) is 0 Å². The molecule has 0 spiro atoms. The molecule has 7 nitrogen and oxygen atoms in total. The Balaban J connectivity index is 1.46. The highest BCUT2D eigenvalue weighted by atomic mass is 32.1. The first kappa shape index (κ1) is 16.3. The summed E-state index contributed by atoms with van der Waals surface area (Å²) in [7, 11) is 0. The lowest BCUT2D eigenvalue weighted by atomic mass is 10.2. The van der Waals surface area contributed by atoms with Crippen LogP contribution in [0.3, 0.4) is 0 Å². The Morgan fingerprint density at radius 1 is 1.42 bits per heavy atom. The standard InChI is InChI=1S/C16H16N4O3S/c21-13(12-5-7-24-10-12)9-18-14(22)3-4-15-19-16(20-23-15)11-2-1-6-17-8-11/h1-2,5-8,10,13,21H,3-4,9H2,(H,18,22). The van der Waals surface area contributed by atoms with E-state index in [1.807, 2.05) is 22.9 Å². The van der Waals surface area contributed by atoms with Crippen LogP contribution in [0.1, 0.15) is 24.0 Å². The molecular formula is C16H16N4O3S. The average molecular weight is 344 g/mol. The van der Waals surface area contributed by atoms with Gasteiger partial charge in [0.25, 0.3) is 0 Å². The lowest BCUT2D eigenvalue weighted by Crippen LogP contribution is -2.28. The molecule has 8 heteroatoms. The Bertz CT molecular complexity index is 774. The molecule has 0 aromatic carbocycles.